The summed E-state index contributed by atoms with van der Waals surface area (Å²) in [4.78, 5) is 25.2. The molecule has 4 rings (SSSR count). The highest BCUT2D eigenvalue weighted by Crippen LogP contribution is 2.35. The number of methoxy groups -OCH3 is 2. The Bertz CT molecular complexity index is 1560. The van der Waals surface area contributed by atoms with Crippen molar-refractivity contribution >= 4 is 48.9 Å². The Hall–Kier alpha value is -3.83. The minimum Gasteiger partial charge on any atom is -0.497 e. The van der Waals surface area contributed by atoms with E-state index in [0.717, 1.165) is 25.9 Å². The summed E-state index contributed by atoms with van der Waals surface area (Å²) in [7, 11) is -1.26. The third-order valence-electron chi connectivity index (χ3n) is 5.54. The largest absolute Gasteiger partial charge is 0.497 e. The van der Waals surface area contributed by atoms with E-state index >= 15 is 0 Å². The molecule has 0 saturated carbocycles. The number of hydrogen-bond donors (Lipinski definition) is 1. The highest BCUT2D eigenvalue weighted by Gasteiger charge is 2.30. The van der Waals surface area contributed by atoms with Gasteiger partial charge in [-0.3, -0.25) is 18.5 Å². The van der Waals surface area contributed by atoms with Crippen LogP contribution in [-0.4, -0.2) is 39.7 Å². The van der Waals surface area contributed by atoms with Gasteiger partial charge in [0.15, 0.2) is 0 Å². The van der Waals surface area contributed by atoms with Gasteiger partial charge >= 0.3 is 4.87 Å². The van der Waals surface area contributed by atoms with Crippen molar-refractivity contribution in [3.8, 4) is 11.5 Å². The van der Waals surface area contributed by atoms with Gasteiger partial charge in [0.2, 0.25) is 5.91 Å². The smallest absolute Gasteiger partial charge is 0.308 e. The number of aryl methyl sites for hydroxylation is 1. The lowest BCUT2D eigenvalue weighted by Crippen LogP contribution is -2.38. The molecule has 11 heteroatoms. The molecular formula is C25H25N3O6S2. The van der Waals surface area contributed by atoms with E-state index < -0.39 is 22.5 Å². The summed E-state index contributed by atoms with van der Waals surface area (Å²) in [6.07, 6.45) is 0. The molecule has 1 aromatic heterocycles. The molecule has 0 aliphatic carbocycles. The van der Waals surface area contributed by atoms with Crippen molar-refractivity contribution in [1.82, 2.24) is 4.57 Å². The number of fused-ring (bicyclic) bond motifs is 1. The Kier molecular flexibility index (Phi) is 7.32. The molecule has 0 spiro atoms. The van der Waals surface area contributed by atoms with E-state index in [1.165, 1.54) is 32.4 Å². The van der Waals surface area contributed by atoms with Crippen LogP contribution in [0.4, 0.5) is 11.4 Å². The highest BCUT2D eigenvalue weighted by molar-refractivity contribution is 7.92. The standard InChI is InChI=1S/C25H25N3O6S2/c1-4-27-20-12-10-17(14-23(20)35-25(27)30)26-24(29)16-28(36(31,32)19-8-6-5-7-9-19)21-15-18(33-2)11-13-22(21)34-3/h5-15H,4,16H2,1-3H3,(H,26,29). The van der Waals surface area contributed by atoms with Gasteiger partial charge in [-0.15, -0.1) is 0 Å². The molecular weight excluding hydrogens is 502 g/mol. The van der Waals surface area contributed by atoms with Gasteiger partial charge in [0.05, 0.1) is 35.0 Å². The molecule has 36 heavy (non-hydrogen) atoms. The first kappa shape index (κ1) is 25.3. The number of aromatic nitrogens is 1. The molecule has 1 N–H and O–H groups in total. The Morgan fingerprint density at radius 2 is 1.78 bits per heavy atom. The maximum absolute atomic E-state index is 13.7. The predicted molar refractivity (Wildman–Crippen MR) is 141 cm³/mol. The van der Waals surface area contributed by atoms with Crippen LogP contribution in [0, 0.1) is 0 Å². The van der Waals surface area contributed by atoms with Crippen LogP contribution >= 0.6 is 11.3 Å². The number of nitrogens with one attached hydrogen (secondary N) is 1. The van der Waals surface area contributed by atoms with Crippen LogP contribution in [0.1, 0.15) is 6.92 Å². The van der Waals surface area contributed by atoms with Gasteiger partial charge in [0.25, 0.3) is 10.0 Å². The minimum absolute atomic E-state index is 0.0229. The Labute approximate surface area is 212 Å². The number of benzene rings is 3. The van der Waals surface area contributed by atoms with E-state index in [9.17, 15) is 18.0 Å². The van der Waals surface area contributed by atoms with Crippen molar-refractivity contribution in [1.29, 1.82) is 0 Å². The number of ether oxygens (including phenoxy) is 2. The molecule has 0 saturated heterocycles. The zero-order valence-electron chi connectivity index (χ0n) is 19.9. The van der Waals surface area contributed by atoms with E-state index in [1.54, 1.807) is 53.1 Å². The van der Waals surface area contributed by atoms with E-state index in [-0.39, 0.29) is 21.2 Å². The molecule has 3 aromatic carbocycles. The number of rotatable bonds is 9. The van der Waals surface area contributed by atoms with Crippen molar-refractivity contribution in [2.45, 2.75) is 18.4 Å². The SMILES string of the molecule is CCn1c(=O)sc2cc(NC(=O)CN(c3cc(OC)ccc3OC)S(=O)(=O)c3ccccc3)ccc21. The molecule has 0 aliphatic heterocycles. The number of carbonyl (C=O) groups excluding carboxylic acids is 1. The average molecular weight is 528 g/mol. The van der Waals surface area contributed by atoms with Crippen LogP contribution < -0.4 is 24.0 Å². The van der Waals surface area contributed by atoms with E-state index in [0.29, 0.717) is 18.0 Å². The zero-order valence-corrected chi connectivity index (χ0v) is 21.6. The fourth-order valence-corrected chi connectivity index (χ4v) is 6.22. The van der Waals surface area contributed by atoms with Crippen molar-refractivity contribution < 1.29 is 22.7 Å². The minimum atomic E-state index is -4.15. The summed E-state index contributed by atoms with van der Waals surface area (Å²) in [5, 5.41) is 2.75. The van der Waals surface area contributed by atoms with E-state index in [2.05, 4.69) is 5.32 Å². The summed E-state index contributed by atoms with van der Waals surface area (Å²) in [5.74, 6) is 0.0940. The second kappa shape index (κ2) is 10.4. The van der Waals surface area contributed by atoms with Gasteiger partial charge in [0, 0.05) is 18.3 Å². The molecule has 0 unspecified atom stereocenters. The van der Waals surface area contributed by atoms with Crippen LogP contribution in [0.3, 0.4) is 0 Å². The molecule has 0 fully saturated rings. The van der Waals surface area contributed by atoms with Crippen molar-refractivity contribution in [2.24, 2.45) is 0 Å². The third kappa shape index (κ3) is 4.93. The molecule has 4 aromatic rings. The topological polar surface area (TPSA) is 107 Å². The maximum Gasteiger partial charge on any atom is 0.308 e. The Morgan fingerprint density at radius 1 is 1.03 bits per heavy atom. The first-order valence-corrected chi connectivity index (χ1v) is 13.3. The fraction of sp³-hybridized carbons (Fsp3) is 0.200. The normalized spacial score (nSPS) is 11.3. The number of carbonyl (C=O) groups is 1. The van der Waals surface area contributed by atoms with Crippen molar-refractivity contribution in [2.75, 3.05) is 30.4 Å². The molecule has 0 aliphatic rings. The van der Waals surface area contributed by atoms with Gasteiger partial charge in [-0.2, -0.15) is 0 Å². The van der Waals surface area contributed by atoms with Crippen LogP contribution in [0.25, 0.3) is 10.2 Å². The number of anilines is 2. The average Bonchev–Trinajstić information content (AvgIpc) is 3.21. The number of hydrogen-bond acceptors (Lipinski definition) is 7. The zero-order chi connectivity index (χ0) is 25.9. The lowest BCUT2D eigenvalue weighted by atomic mass is 10.2. The van der Waals surface area contributed by atoms with Crippen molar-refractivity contribution in [3.63, 3.8) is 0 Å². The quantitative estimate of drug-likeness (QED) is 0.353. The number of sulfonamides is 1. The molecule has 1 heterocycles. The lowest BCUT2D eigenvalue weighted by molar-refractivity contribution is -0.114. The van der Waals surface area contributed by atoms with Crippen LogP contribution in [-0.2, 0) is 21.4 Å². The summed E-state index contributed by atoms with van der Waals surface area (Å²) in [6.45, 7) is 1.90. The first-order chi connectivity index (χ1) is 17.3. The molecule has 9 nitrogen and oxygen atoms in total. The van der Waals surface area contributed by atoms with Gasteiger partial charge < -0.3 is 14.8 Å². The Morgan fingerprint density at radius 3 is 2.44 bits per heavy atom. The van der Waals surface area contributed by atoms with Gasteiger partial charge in [0.1, 0.15) is 18.0 Å². The fourth-order valence-electron chi connectivity index (χ4n) is 3.79. The summed E-state index contributed by atoms with van der Waals surface area (Å²) in [5.41, 5.74) is 1.39. The van der Waals surface area contributed by atoms with Crippen LogP contribution in [0.2, 0.25) is 0 Å². The van der Waals surface area contributed by atoms with Gasteiger partial charge in [-0.1, -0.05) is 29.5 Å². The van der Waals surface area contributed by atoms with Crippen molar-refractivity contribution in [3.05, 3.63) is 76.4 Å². The monoisotopic (exact) mass is 527 g/mol. The maximum atomic E-state index is 13.7. The molecule has 1 amide bonds. The predicted octanol–water partition coefficient (Wildman–Crippen LogP) is 3.93. The molecule has 0 atom stereocenters. The summed E-state index contributed by atoms with van der Waals surface area (Å²) >= 11 is 1.09. The van der Waals surface area contributed by atoms with Crippen LogP contribution in [0.15, 0.2) is 76.4 Å². The number of amides is 1. The molecule has 0 bridgehead atoms. The summed E-state index contributed by atoms with van der Waals surface area (Å²) < 4.78 is 41.3. The number of thiazole rings is 1. The van der Waals surface area contributed by atoms with Crippen LogP contribution in [0.5, 0.6) is 11.5 Å². The second-order valence-electron chi connectivity index (χ2n) is 7.71. The molecule has 0 radical (unpaired) electrons. The van der Waals surface area contributed by atoms with Gasteiger partial charge in [-0.05, 0) is 49.4 Å². The van der Waals surface area contributed by atoms with Gasteiger partial charge in [-0.25, -0.2) is 8.42 Å². The third-order valence-corrected chi connectivity index (χ3v) is 8.26. The van der Waals surface area contributed by atoms with E-state index in [1.807, 2.05) is 6.92 Å². The van der Waals surface area contributed by atoms with E-state index in [4.69, 9.17) is 9.47 Å². The second-order valence-corrected chi connectivity index (χ2v) is 10.6. The number of nitrogens with zero attached hydrogens (tertiary/aromatic N) is 2. The summed E-state index contributed by atoms with van der Waals surface area (Å²) in [6, 6.07) is 17.7. The first-order valence-electron chi connectivity index (χ1n) is 11.0. The molecule has 188 valence electrons. The lowest BCUT2D eigenvalue weighted by Gasteiger charge is -2.26. The highest BCUT2D eigenvalue weighted by atomic mass is 32.2. The Balaban J connectivity index is 1.71.